The number of carbonyl (C=O) groups excluding carboxylic acids is 2. The van der Waals surface area contributed by atoms with Gasteiger partial charge in [0, 0.05) is 40.5 Å². The molecule has 4 rings (SSSR count). The van der Waals surface area contributed by atoms with E-state index in [9.17, 15) is 9.59 Å². The van der Waals surface area contributed by atoms with Crippen molar-refractivity contribution in [3.8, 4) is 11.4 Å². The Labute approximate surface area is 187 Å². The second-order valence-electron chi connectivity index (χ2n) is 8.93. The third kappa shape index (κ3) is 4.12. The number of Topliss-reactive ketones (excluding diaryl/α,β-unsaturated/α-hetero) is 1. The molecule has 6 heteroatoms. The molecule has 32 heavy (non-hydrogen) atoms. The van der Waals surface area contributed by atoms with Crippen LogP contribution in [0.2, 0.25) is 0 Å². The Morgan fingerprint density at radius 1 is 0.906 bits per heavy atom. The Kier molecular flexibility index (Phi) is 5.30. The van der Waals surface area contributed by atoms with Crippen LogP contribution in [0.15, 0.2) is 66.7 Å². The molecule has 0 bridgehead atoms. The topological polar surface area (TPSA) is 90.0 Å². The fourth-order valence-electron chi connectivity index (χ4n) is 3.56. The van der Waals surface area contributed by atoms with Crippen molar-refractivity contribution in [2.75, 3.05) is 11.1 Å². The number of hydrogen-bond donors (Lipinski definition) is 2. The van der Waals surface area contributed by atoms with Gasteiger partial charge in [-0.3, -0.25) is 9.59 Å². The summed E-state index contributed by atoms with van der Waals surface area (Å²) < 4.78 is 1.98. The summed E-state index contributed by atoms with van der Waals surface area (Å²) in [6, 6.07) is 19.9. The van der Waals surface area contributed by atoms with Crippen LogP contribution in [-0.2, 0) is 7.05 Å². The number of imidazole rings is 1. The minimum absolute atomic E-state index is 0.100. The zero-order valence-electron chi connectivity index (χ0n) is 18.6. The molecule has 6 nitrogen and oxygen atoms in total. The van der Waals surface area contributed by atoms with Crippen LogP contribution in [0, 0.1) is 5.41 Å². The van der Waals surface area contributed by atoms with Crippen molar-refractivity contribution in [1.29, 1.82) is 0 Å². The number of nitrogens with one attached hydrogen (secondary N) is 1. The molecule has 162 valence electrons. The summed E-state index contributed by atoms with van der Waals surface area (Å²) in [5.74, 6) is 0.691. The number of carbonyl (C=O) groups is 2. The molecule has 0 fully saturated rings. The van der Waals surface area contributed by atoms with E-state index in [4.69, 9.17) is 10.7 Å². The van der Waals surface area contributed by atoms with Gasteiger partial charge in [-0.05, 0) is 66.7 Å². The first-order valence-corrected chi connectivity index (χ1v) is 10.4. The number of nitrogen functional groups attached to an aromatic ring is 1. The molecule has 0 atom stereocenters. The third-order valence-corrected chi connectivity index (χ3v) is 5.40. The lowest BCUT2D eigenvalue weighted by Crippen LogP contribution is -2.20. The quantitative estimate of drug-likeness (QED) is 0.342. The fraction of sp³-hybridized carbons (Fsp3) is 0.192. The van der Waals surface area contributed by atoms with Crippen LogP contribution >= 0.6 is 0 Å². The molecule has 1 heterocycles. The largest absolute Gasteiger partial charge is 0.399 e. The molecule has 0 aliphatic heterocycles. The van der Waals surface area contributed by atoms with Crippen molar-refractivity contribution >= 4 is 34.1 Å². The maximum Gasteiger partial charge on any atom is 0.255 e. The summed E-state index contributed by atoms with van der Waals surface area (Å²) in [5, 5.41) is 2.89. The van der Waals surface area contributed by atoms with E-state index < -0.39 is 5.41 Å². The fourth-order valence-corrected chi connectivity index (χ4v) is 3.56. The van der Waals surface area contributed by atoms with Gasteiger partial charge in [-0.15, -0.1) is 0 Å². The number of aromatic nitrogens is 2. The minimum atomic E-state index is -0.443. The molecule has 0 aliphatic rings. The van der Waals surface area contributed by atoms with E-state index in [1.54, 1.807) is 24.3 Å². The number of ketones is 1. The van der Waals surface area contributed by atoms with Crippen LogP contribution < -0.4 is 11.1 Å². The third-order valence-electron chi connectivity index (χ3n) is 5.40. The molecule has 0 saturated carbocycles. The molecule has 0 saturated heterocycles. The van der Waals surface area contributed by atoms with E-state index >= 15 is 0 Å². The van der Waals surface area contributed by atoms with Crippen molar-refractivity contribution in [2.24, 2.45) is 12.5 Å². The standard InChI is InChI=1S/C26H26N4O2/c1-26(2,3)23(31)18-9-14-21-22(15-18)30(4)24(29-21)16-7-12-20(13-8-16)28-25(32)17-5-10-19(27)11-6-17/h5-15H,27H2,1-4H3,(H,28,32). The zero-order valence-corrected chi connectivity index (χ0v) is 18.6. The highest BCUT2D eigenvalue weighted by atomic mass is 16.1. The highest BCUT2D eigenvalue weighted by Gasteiger charge is 2.23. The zero-order chi connectivity index (χ0) is 23.0. The van der Waals surface area contributed by atoms with E-state index in [-0.39, 0.29) is 11.7 Å². The van der Waals surface area contributed by atoms with Crippen molar-refractivity contribution in [1.82, 2.24) is 9.55 Å². The van der Waals surface area contributed by atoms with Crippen LogP contribution in [0.4, 0.5) is 11.4 Å². The number of aryl methyl sites for hydroxylation is 1. The van der Waals surface area contributed by atoms with Crippen molar-refractivity contribution in [3.05, 3.63) is 77.9 Å². The first-order chi connectivity index (χ1) is 15.1. The van der Waals surface area contributed by atoms with E-state index in [1.165, 1.54) is 0 Å². The number of fused-ring (bicyclic) bond motifs is 1. The summed E-state index contributed by atoms with van der Waals surface area (Å²) >= 11 is 0. The van der Waals surface area contributed by atoms with Crippen molar-refractivity contribution in [2.45, 2.75) is 20.8 Å². The summed E-state index contributed by atoms with van der Waals surface area (Å²) in [5.41, 5.74) is 10.4. The Morgan fingerprint density at radius 2 is 1.53 bits per heavy atom. The van der Waals surface area contributed by atoms with Crippen molar-refractivity contribution in [3.63, 3.8) is 0 Å². The smallest absolute Gasteiger partial charge is 0.255 e. The first kappa shape index (κ1) is 21.3. The summed E-state index contributed by atoms with van der Waals surface area (Å²) in [4.78, 5) is 29.8. The van der Waals surface area contributed by atoms with Crippen LogP contribution in [0.1, 0.15) is 41.5 Å². The summed E-state index contributed by atoms with van der Waals surface area (Å²) in [6.07, 6.45) is 0. The first-order valence-electron chi connectivity index (χ1n) is 10.4. The van der Waals surface area contributed by atoms with Gasteiger partial charge in [-0.1, -0.05) is 20.8 Å². The van der Waals surface area contributed by atoms with E-state index in [0.717, 1.165) is 22.4 Å². The second kappa shape index (κ2) is 7.96. The summed E-state index contributed by atoms with van der Waals surface area (Å²) in [6.45, 7) is 5.76. The lowest BCUT2D eigenvalue weighted by atomic mass is 9.86. The number of rotatable bonds is 4. The Morgan fingerprint density at radius 3 is 2.16 bits per heavy atom. The molecule has 0 spiro atoms. The van der Waals surface area contributed by atoms with Gasteiger partial charge in [0.25, 0.3) is 5.91 Å². The normalized spacial score (nSPS) is 11.5. The second-order valence-corrected chi connectivity index (χ2v) is 8.93. The number of amides is 1. The van der Waals surface area contributed by atoms with Gasteiger partial charge in [0.05, 0.1) is 11.0 Å². The van der Waals surface area contributed by atoms with Gasteiger partial charge < -0.3 is 15.6 Å². The van der Waals surface area contributed by atoms with E-state index in [0.29, 0.717) is 22.5 Å². The number of anilines is 2. The molecule has 1 amide bonds. The molecular weight excluding hydrogens is 400 g/mol. The van der Waals surface area contributed by atoms with Gasteiger partial charge in [-0.25, -0.2) is 4.98 Å². The lowest BCUT2D eigenvalue weighted by molar-refractivity contribution is 0.0858. The predicted molar refractivity (Wildman–Crippen MR) is 129 cm³/mol. The number of hydrogen-bond acceptors (Lipinski definition) is 4. The average molecular weight is 427 g/mol. The number of nitrogens with zero attached hydrogens (tertiary/aromatic N) is 2. The number of nitrogens with two attached hydrogens (primary N) is 1. The Balaban J connectivity index is 1.59. The van der Waals surface area contributed by atoms with Crippen molar-refractivity contribution < 1.29 is 9.59 Å². The molecule has 0 unspecified atom stereocenters. The molecule has 3 aromatic carbocycles. The van der Waals surface area contributed by atoms with Gasteiger partial charge >= 0.3 is 0 Å². The van der Waals surface area contributed by atoms with Crippen LogP contribution in [0.3, 0.4) is 0 Å². The Hall–Kier alpha value is -3.93. The predicted octanol–water partition coefficient (Wildman–Crippen LogP) is 5.30. The molecule has 0 radical (unpaired) electrons. The van der Waals surface area contributed by atoms with Gasteiger partial charge in [0.2, 0.25) is 0 Å². The van der Waals surface area contributed by atoms with Gasteiger partial charge in [0.1, 0.15) is 5.82 Å². The molecule has 4 aromatic rings. The van der Waals surface area contributed by atoms with Gasteiger partial charge in [0.15, 0.2) is 5.78 Å². The van der Waals surface area contributed by atoms with Crippen LogP contribution in [0.5, 0.6) is 0 Å². The van der Waals surface area contributed by atoms with E-state index in [2.05, 4.69) is 5.32 Å². The maximum atomic E-state index is 12.7. The lowest BCUT2D eigenvalue weighted by Gasteiger charge is -2.16. The van der Waals surface area contributed by atoms with Gasteiger partial charge in [-0.2, -0.15) is 0 Å². The molecular formula is C26H26N4O2. The average Bonchev–Trinajstić information content (AvgIpc) is 3.09. The monoisotopic (exact) mass is 426 g/mol. The molecule has 1 aromatic heterocycles. The maximum absolute atomic E-state index is 12.7. The van der Waals surface area contributed by atoms with Crippen LogP contribution in [-0.4, -0.2) is 21.2 Å². The molecule has 3 N–H and O–H groups in total. The van der Waals surface area contributed by atoms with E-state index in [1.807, 2.05) is 74.9 Å². The highest BCUT2D eigenvalue weighted by Crippen LogP contribution is 2.28. The SMILES string of the molecule is Cn1c(-c2ccc(NC(=O)c3ccc(N)cc3)cc2)nc2ccc(C(=O)C(C)(C)C)cc21. The highest BCUT2D eigenvalue weighted by molar-refractivity contribution is 6.04. The van der Waals surface area contributed by atoms with Crippen LogP contribution in [0.25, 0.3) is 22.4 Å². The molecule has 0 aliphatic carbocycles. The number of benzene rings is 3. The summed E-state index contributed by atoms with van der Waals surface area (Å²) in [7, 11) is 1.94. The Bertz CT molecular complexity index is 1310. The minimum Gasteiger partial charge on any atom is -0.399 e.